The lowest BCUT2D eigenvalue weighted by Gasteiger charge is -2.08. The summed E-state index contributed by atoms with van der Waals surface area (Å²) in [6, 6.07) is 8.32. The Bertz CT molecular complexity index is 629. The molecule has 0 fully saturated rings. The van der Waals surface area contributed by atoms with Gasteiger partial charge in [-0.05, 0) is 25.0 Å². The molecule has 1 aromatic carbocycles. The van der Waals surface area contributed by atoms with Crippen LogP contribution in [0.3, 0.4) is 0 Å². The van der Waals surface area contributed by atoms with Gasteiger partial charge in [0.2, 0.25) is 0 Å². The van der Waals surface area contributed by atoms with Crippen molar-refractivity contribution in [1.82, 2.24) is 9.97 Å². The van der Waals surface area contributed by atoms with E-state index in [9.17, 15) is 4.79 Å². The number of aromatic amines is 1. The molecule has 2 aromatic rings. The van der Waals surface area contributed by atoms with Crippen molar-refractivity contribution < 1.29 is 0 Å². The van der Waals surface area contributed by atoms with E-state index in [1.54, 1.807) is 0 Å². The Morgan fingerprint density at radius 3 is 2.74 bits per heavy atom. The molecule has 0 spiro atoms. The Morgan fingerprint density at radius 2 is 2.05 bits per heavy atom. The van der Waals surface area contributed by atoms with Crippen LogP contribution in [0.15, 0.2) is 29.1 Å². The number of nitrogens with one attached hydrogen (secondary N) is 1. The third-order valence-electron chi connectivity index (χ3n) is 3.27. The lowest BCUT2D eigenvalue weighted by atomic mass is 10.0. The van der Waals surface area contributed by atoms with E-state index < -0.39 is 0 Å². The number of aromatic nitrogens is 2. The molecule has 0 amide bonds. The maximum Gasteiger partial charge on any atom is 0.254 e. The van der Waals surface area contributed by atoms with Crippen LogP contribution in [-0.2, 0) is 12.8 Å². The number of hydrogen-bond acceptors (Lipinski definition) is 2. The van der Waals surface area contributed by atoms with E-state index >= 15 is 0 Å². The standard InChI is InChI=1S/C16H20N2O/c1-4-7-12-8-6-9-13(10-12)15-11(3)16(19)18-14(5-2)17-15/h6,8-10H,4-5,7H2,1-3H3,(H,17,18,19). The van der Waals surface area contributed by atoms with E-state index in [4.69, 9.17) is 0 Å². The predicted octanol–water partition coefficient (Wildman–Crippen LogP) is 3.26. The number of hydrogen-bond donors (Lipinski definition) is 1. The van der Waals surface area contributed by atoms with Gasteiger partial charge in [0, 0.05) is 17.5 Å². The molecule has 0 saturated carbocycles. The van der Waals surface area contributed by atoms with Crippen molar-refractivity contribution >= 4 is 0 Å². The summed E-state index contributed by atoms with van der Waals surface area (Å²) in [5.74, 6) is 0.742. The lowest BCUT2D eigenvalue weighted by molar-refractivity contribution is 0.908. The molecule has 0 atom stereocenters. The summed E-state index contributed by atoms with van der Waals surface area (Å²) in [4.78, 5) is 19.3. The number of nitrogens with zero attached hydrogens (tertiary/aromatic N) is 1. The van der Waals surface area contributed by atoms with Crippen molar-refractivity contribution in [3.63, 3.8) is 0 Å². The maximum atomic E-state index is 11.9. The summed E-state index contributed by atoms with van der Waals surface area (Å²) in [5.41, 5.74) is 3.77. The van der Waals surface area contributed by atoms with Crippen LogP contribution in [0.4, 0.5) is 0 Å². The molecule has 0 saturated heterocycles. The van der Waals surface area contributed by atoms with E-state index in [-0.39, 0.29) is 5.56 Å². The highest BCUT2D eigenvalue weighted by molar-refractivity contribution is 5.63. The first-order valence-corrected chi connectivity index (χ1v) is 6.84. The minimum atomic E-state index is -0.0391. The molecule has 0 aliphatic carbocycles. The number of rotatable bonds is 4. The molecule has 3 heteroatoms. The molecular formula is C16H20N2O. The second-order valence-electron chi connectivity index (χ2n) is 4.79. The normalized spacial score (nSPS) is 10.7. The molecule has 0 bridgehead atoms. The number of aryl methyl sites for hydroxylation is 2. The molecular weight excluding hydrogens is 236 g/mol. The quantitative estimate of drug-likeness (QED) is 0.912. The van der Waals surface area contributed by atoms with Crippen LogP contribution in [-0.4, -0.2) is 9.97 Å². The highest BCUT2D eigenvalue weighted by atomic mass is 16.1. The zero-order chi connectivity index (χ0) is 13.8. The Balaban J connectivity index is 2.54. The summed E-state index contributed by atoms with van der Waals surface area (Å²) >= 11 is 0. The van der Waals surface area contributed by atoms with Crippen molar-refractivity contribution in [1.29, 1.82) is 0 Å². The van der Waals surface area contributed by atoms with Crippen molar-refractivity contribution in [2.45, 2.75) is 40.0 Å². The van der Waals surface area contributed by atoms with Gasteiger partial charge in [0.1, 0.15) is 5.82 Å². The fourth-order valence-electron chi connectivity index (χ4n) is 2.19. The van der Waals surface area contributed by atoms with Gasteiger partial charge < -0.3 is 4.98 Å². The number of H-pyrrole nitrogens is 1. The lowest BCUT2D eigenvalue weighted by Crippen LogP contribution is -2.15. The van der Waals surface area contributed by atoms with Gasteiger partial charge in [-0.1, -0.05) is 38.5 Å². The van der Waals surface area contributed by atoms with E-state index in [2.05, 4.69) is 29.0 Å². The summed E-state index contributed by atoms with van der Waals surface area (Å²) < 4.78 is 0. The van der Waals surface area contributed by atoms with E-state index in [0.717, 1.165) is 36.3 Å². The van der Waals surface area contributed by atoms with Crippen LogP contribution in [0.1, 0.15) is 37.2 Å². The zero-order valence-corrected chi connectivity index (χ0v) is 11.8. The zero-order valence-electron chi connectivity index (χ0n) is 11.8. The second kappa shape index (κ2) is 5.83. The average Bonchev–Trinajstić information content (AvgIpc) is 2.42. The second-order valence-corrected chi connectivity index (χ2v) is 4.79. The Morgan fingerprint density at radius 1 is 1.26 bits per heavy atom. The molecule has 3 nitrogen and oxygen atoms in total. The molecule has 100 valence electrons. The van der Waals surface area contributed by atoms with Crippen LogP contribution in [0.5, 0.6) is 0 Å². The van der Waals surface area contributed by atoms with Gasteiger partial charge in [-0.3, -0.25) is 4.79 Å². The van der Waals surface area contributed by atoms with Crippen LogP contribution < -0.4 is 5.56 Å². The largest absolute Gasteiger partial charge is 0.310 e. The van der Waals surface area contributed by atoms with Crippen LogP contribution in [0.25, 0.3) is 11.3 Å². The number of benzene rings is 1. The summed E-state index contributed by atoms with van der Waals surface area (Å²) in [5, 5.41) is 0. The van der Waals surface area contributed by atoms with E-state index in [0.29, 0.717) is 5.56 Å². The smallest absolute Gasteiger partial charge is 0.254 e. The molecule has 1 aromatic heterocycles. The average molecular weight is 256 g/mol. The maximum absolute atomic E-state index is 11.9. The van der Waals surface area contributed by atoms with Crippen LogP contribution >= 0.6 is 0 Å². The van der Waals surface area contributed by atoms with Crippen molar-refractivity contribution in [2.75, 3.05) is 0 Å². The first-order valence-electron chi connectivity index (χ1n) is 6.84. The highest BCUT2D eigenvalue weighted by Gasteiger charge is 2.09. The Hall–Kier alpha value is -1.90. The molecule has 0 aliphatic heterocycles. The fraction of sp³-hybridized carbons (Fsp3) is 0.375. The first-order chi connectivity index (χ1) is 9.15. The van der Waals surface area contributed by atoms with Gasteiger partial charge in [-0.2, -0.15) is 0 Å². The minimum absolute atomic E-state index is 0.0391. The van der Waals surface area contributed by atoms with E-state index in [1.165, 1.54) is 5.56 Å². The third-order valence-corrected chi connectivity index (χ3v) is 3.27. The topological polar surface area (TPSA) is 45.8 Å². The third kappa shape index (κ3) is 2.92. The molecule has 2 rings (SSSR count). The Labute approximate surface area is 113 Å². The van der Waals surface area contributed by atoms with Crippen LogP contribution in [0.2, 0.25) is 0 Å². The molecule has 1 heterocycles. The Kier molecular flexibility index (Phi) is 4.15. The SMILES string of the molecule is CCCc1cccc(-c2nc(CC)[nH]c(=O)c2C)c1. The van der Waals surface area contributed by atoms with Crippen LogP contribution in [0, 0.1) is 6.92 Å². The van der Waals surface area contributed by atoms with Gasteiger partial charge in [0.15, 0.2) is 0 Å². The summed E-state index contributed by atoms with van der Waals surface area (Å²) in [7, 11) is 0. The van der Waals surface area contributed by atoms with Crippen molar-refractivity contribution in [2.24, 2.45) is 0 Å². The summed E-state index contributed by atoms with van der Waals surface area (Å²) in [6.07, 6.45) is 2.90. The molecule has 0 unspecified atom stereocenters. The minimum Gasteiger partial charge on any atom is -0.310 e. The van der Waals surface area contributed by atoms with Gasteiger partial charge in [-0.15, -0.1) is 0 Å². The van der Waals surface area contributed by atoms with Crippen molar-refractivity contribution in [3.8, 4) is 11.3 Å². The summed E-state index contributed by atoms with van der Waals surface area (Å²) in [6.45, 7) is 5.98. The van der Waals surface area contributed by atoms with E-state index in [1.807, 2.05) is 26.0 Å². The molecule has 0 radical (unpaired) electrons. The molecule has 19 heavy (non-hydrogen) atoms. The fourth-order valence-corrected chi connectivity index (χ4v) is 2.19. The molecule has 1 N–H and O–H groups in total. The van der Waals surface area contributed by atoms with Gasteiger partial charge in [0.25, 0.3) is 5.56 Å². The van der Waals surface area contributed by atoms with Crippen molar-refractivity contribution in [3.05, 3.63) is 51.6 Å². The monoisotopic (exact) mass is 256 g/mol. The highest BCUT2D eigenvalue weighted by Crippen LogP contribution is 2.20. The predicted molar refractivity (Wildman–Crippen MR) is 78.4 cm³/mol. The molecule has 0 aliphatic rings. The van der Waals surface area contributed by atoms with Gasteiger partial charge in [-0.25, -0.2) is 4.98 Å². The van der Waals surface area contributed by atoms with Gasteiger partial charge >= 0.3 is 0 Å². The van der Waals surface area contributed by atoms with Gasteiger partial charge in [0.05, 0.1) is 5.69 Å². The first kappa shape index (κ1) is 13.5.